The molecule has 0 fully saturated rings. The fourth-order valence-electron chi connectivity index (χ4n) is 4.20. The Morgan fingerprint density at radius 3 is 2.39 bits per heavy atom. The van der Waals surface area contributed by atoms with Crippen molar-refractivity contribution >= 4 is 11.7 Å². The highest BCUT2D eigenvalue weighted by Crippen LogP contribution is 2.45. The number of hydrogen-bond acceptors (Lipinski definition) is 6. The van der Waals surface area contributed by atoms with E-state index in [4.69, 9.17) is 18.9 Å². The van der Waals surface area contributed by atoms with Crippen LogP contribution in [-0.4, -0.2) is 30.9 Å². The Hall–Kier alpha value is -3.58. The first-order chi connectivity index (χ1) is 17.2. The van der Waals surface area contributed by atoms with E-state index < -0.39 is 23.8 Å². The molecule has 0 radical (unpaired) electrons. The van der Waals surface area contributed by atoms with Crippen LogP contribution in [0.5, 0.6) is 11.5 Å². The van der Waals surface area contributed by atoms with Gasteiger partial charge in [0, 0.05) is 17.8 Å². The van der Waals surface area contributed by atoms with E-state index in [-0.39, 0.29) is 11.9 Å². The lowest BCUT2D eigenvalue weighted by atomic mass is 9.87. The van der Waals surface area contributed by atoms with Crippen LogP contribution in [0.25, 0.3) is 0 Å². The third kappa shape index (κ3) is 5.79. The molecular formula is C29H32FNO5. The van der Waals surface area contributed by atoms with Crippen LogP contribution < -0.4 is 14.8 Å². The lowest BCUT2D eigenvalue weighted by molar-refractivity contribution is -0.151. The summed E-state index contributed by atoms with van der Waals surface area (Å²) in [6.07, 6.45) is -1.36. The third-order valence-corrected chi connectivity index (χ3v) is 6.04. The van der Waals surface area contributed by atoms with E-state index in [2.05, 4.69) is 5.32 Å². The topological polar surface area (TPSA) is 66.0 Å². The fraction of sp³-hybridized carbons (Fsp3) is 0.345. The number of rotatable bonds is 8. The van der Waals surface area contributed by atoms with Crippen molar-refractivity contribution in [1.82, 2.24) is 0 Å². The lowest BCUT2D eigenvalue weighted by Gasteiger charge is -2.44. The van der Waals surface area contributed by atoms with Crippen molar-refractivity contribution in [3.8, 4) is 11.5 Å². The van der Waals surface area contributed by atoms with Crippen molar-refractivity contribution in [3.63, 3.8) is 0 Å². The smallest absolute Gasteiger partial charge is 0.338 e. The van der Waals surface area contributed by atoms with Gasteiger partial charge in [0.05, 0.1) is 18.8 Å². The minimum absolute atomic E-state index is 0.116. The minimum Gasteiger partial charge on any atom is -0.497 e. The molecule has 4 rings (SSSR count). The van der Waals surface area contributed by atoms with Gasteiger partial charge < -0.3 is 24.3 Å². The molecule has 1 aliphatic rings. The molecule has 0 spiro atoms. The average molecular weight is 494 g/mol. The van der Waals surface area contributed by atoms with Crippen LogP contribution in [-0.2, 0) is 16.0 Å². The Kier molecular flexibility index (Phi) is 7.50. The van der Waals surface area contributed by atoms with E-state index in [1.54, 1.807) is 43.5 Å². The summed E-state index contributed by atoms with van der Waals surface area (Å²) in [5, 5.41) is 3.36. The van der Waals surface area contributed by atoms with Crippen LogP contribution >= 0.6 is 0 Å². The van der Waals surface area contributed by atoms with E-state index in [9.17, 15) is 9.18 Å². The highest BCUT2D eigenvalue weighted by molar-refractivity contribution is 5.89. The zero-order valence-corrected chi connectivity index (χ0v) is 21.2. The second-order valence-corrected chi connectivity index (χ2v) is 9.60. The molecule has 0 bridgehead atoms. The van der Waals surface area contributed by atoms with Gasteiger partial charge in [0.2, 0.25) is 0 Å². The quantitative estimate of drug-likeness (QED) is 0.371. The Balaban J connectivity index is 1.60. The Bertz CT molecular complexity index is 1190. The first-order valence-corrected chi connectivity index (χ1v) is 12.0. The van der Waals surface area contributed by atoms with Crippen molar-refractivity contribution in [1.29, 1.82) is 0 Å². The van der Waals surface area contributed by atoms with Crippen molar-refractivity contribution < 1.29 is 28.1 Å². The molecule has 0 saturated heterocycles. The van der Waals surface area contributed by atoms with Gasteiger partial charge in [-0.25, -0.2) is 9.18 Å². The second-order valence-electron chi connectivity index (χ2n) is 9.60. The molecule has 3 aromatic rings. The monoisotopic (exact) mass is 493 g/mol. The van der Waals surface area contributed by atoms with Gasteiger partial charge >= 0.3 is 5.97 Å². The molecule has 1 heterocycles. The number of carbonyl (C=O) groups is 1. The number of nitrogens with one attached hydrogen (secondary N) is 1. The molecule has 0 aliphatic carbocycles. The van der Waals surface area contributed by atoms with E-state index in [1.807, 2.05) is 45.9 Å². The van der Waals surface area contributed by atoms with Gasteiger partial charge in [0.15, 0.2) is 6.10 Å². The molecule has 7 heteroatoms. The van der Waals surface area contributed by atoms with Crippen LogP contribution in [0.1, 0.15) is 55.3 Å². The number of hydrogen-bond donors (Lipinski definition) is 1. The molecule has 36 heavy (non-hydrogen) atoms. The largest absolute Gasteiger partial charge is 0.497 e. The zero-order valence-electron chi connectivity index (χ0n) is 21.2. The summed E-state index contributed by atoms with van der Waals surface area (Å²) in [5.74, 6) is 0.597. The maximum atomic E-state index is 13.2. The second kappa shape index (κ2) is 10.6. The summed E-state index contributed by atoms with van der Waals surface area (Å²) in [5.41, 5.74) is 2.17. The molecule has 0 amide bonds. The zero-order chi connectivity index (χ0) is 25.9. The van der Waals surface area contributed by atoms with Gasteiger partial charge in [0.25, 0.3) is 0 Å². The molecular weight excluding hydrogens is 461 g/mol. The summed E-state index contributed by atoms with van der Waals surface area (Å²) in [6.45, 7) is 8.19. The van der Waals surface area contributed by atoms with E-state index >= 15 is 0 Å². The number of esters is 1. The molecule has 190 valence electrons. The molecule has 6 nitrogen and oxygen atoms in total. The van der Waals surface area contributed by atoms with Gasteiger partial charge in [-0.05, 0) is 87.9 Å². The van der Waals surface area contributed by atoms with Crippen LogP contribution in [0.15, 0.2) is 66.7 Å². The molecule has 1 N–H and O–H groups in total. The Labute approximate surface area is 211 Å². The van der Waals surface area contributed by atoms with Gasteiger partial charge in [-0.15, -0.1) is 0 Å². The number of fused-ring (bicyclic) bond motifs is 1. The highest BCUT2D eigenvalue weighted by atomic mass is 19.1. The summed E-state index contributed by atoms with van der Waals surface area (Å²) in [4.78, 5) is 13.1. The highest BCUT2D eigenvalue weighted by Gasteiger charge is 2.48. The average Bonchev–Trinajstić information content (AvgIpc) is 2.85. The molecule has 3 aromatic carbocycles. The first kappa shape index (κ1) is 25.5. The lowest BCUT2D eigenvalue weighted by Crippen LogP contribution is -2.52. The Morgan fingerprint density at radius 1 is 1.06 bits per heavy atom. The van der Waals surface area contributed by atoms with E-state index in [0.717, 1.165) is 16.8 Å². The normalized spacial score (nSPS) is 18.2. The third-order valence-electron chi connectivity index (χ3n) is 6.04. The number of methoxy groups -OCH3 is 1. The molecule has 2 atom stereocenters. The molecule has 0 aromatic heterocycles. The van der Waals surface area contributed by atoms with Crippen molar-refractivity contribution in [2.75, 3.05) is 12.4 Å². The standard InChI is InChI=1S/C29H32FNO5/c1-18(2)34-26-24-16-22(31-17-19-6-10-21(30)11-7-19)12-15-25(24)36-29(3,4)27(26)35-28(32)20-8-13-23(33-5)14-9-20/h6-16,18,26-27,31H,17H2,1-5H3. The molecule has 2 unspecified atom stereocenters. The predicted octanol–water partition coefficient (Wildman–Crippen LogP) is 6.31. The number of anilines is 1. The van der Waals surface area contributed by atoms with Gasteiger partial charge in [-0.3, -0.25) is 0 Å². The van der Waals surface area contributed by atoms with Crippen LogP contribution in [0, 0.1) is 5.82 Å². The fourth-order valence-corrected chi connectivity index (χ4v) is 4.20. The SMILES string of the molecule is COc1ccc(C(=O)OC2C(OC(C)C)c3cc(NCc4ccc(F)cc4)ccc3OC2(C)C)cc1. The maximum Gasteiger partial charge on any atom is 0.338 e. The van der Waals surface area contributed by atoms with Gasteiger partial charge in [0.1, 0.15) is 29.0 Å². The number of benzene rings is 3. The van der Waals surface area contributed by atoms with Crippen molar-refractivity contribution in [3.05, 3.63) is 89.2 Å². The van der Waals surface area contributed by atoms with Crippen LogP contribution in [0.2, 0.25) is 0 Å². The first-order valence-electron chi connectivity index (χ1n) is 12.0. The van der Waals surface area contributed by atoms with Crippen LogP contribution in [0.4, 0.5) is 10.1 Å². The van der Waals surface area contributed by atoms with Crippen molar-refractivity contribution in [2.45, 2.75) is 58.2 Å². The van der Waals surface area contributed by atoms with Gasteiger partial charge in [-0.1, -0.05) is 12.1 Å². The van der Waals surface area contributed by atoms with E-state index in [0.29, 0.717) is 23.6 Å². The van der Waals surface area contributed by atoms with Gasteiger partial charge in [-0.2, -0.15) is 0 Å². The predicted molar refractivity (Wildman–Crippen MR) is 136 cm³/mol. The number of carbonyl (C=O) groups excluding carboxylic acids is 1. The number of ether oxygens (including phenoxy) is 4. The summed E-state index contributed by atoms with van der Waals surface area (Å²) in [7, 11) is 1.57. The van der Waals surface area contributed by atoms with Crippen LogP contribution in [0.3, 0.4) is 0 Å². The molecule has 0 saturated carbocycles. The van der Waals surface area contributed by atoms with E-state index in [1.165, 1.54) is 12.1 Å². The minimum atomic E-state index is -0.836. The number of halogens is 1. The molecule has 1 aliphatic heterocycles. The summed E-state index contributed by atoms with van der Waals surface area (Å²) < 4.78 is 37.1. The maximum absolute atomic E-state index is 13.2. The summed E-state index contributed by atoms with van der Waals surface area (Å²) >= 11 is 0. The van der Waals surface area contributed by atoms with Crippen molar-refractivity contribution in [2.24, 2.45) is 0 Å². The Morgan fingerprint density at radius 2 is 1.75 bits per heavy atom. The summed E-state index contributed by atoms with van der Waals surface area (Å²) in [6, 6.07) is 18.9.